The number of anilines is 2. The first-order valence-electron chi connectivity index (χ1n) is 10.4. The van der Waals surface area contributed by atoms with E-state index in [1.807, 2.05) is 24.3 Å². The first kappa shape index (κ1) is 23.1. The molecule has 1 aliphatic rings. The first-order valence-corrected chi connectivity index (χ1v) is 10.8. The Morgan fingerprint density at radius 2 is 1.88 bits per heavy atom. The molecule has 34 heavy (non-hydrogen) atoms. The standard InChI is InChI=1S/C24H24N4O5S/c1-13-11-20(27-33-13)25-23(30)21-14(2)28(16-7-5-6-8-18(16)31-3)24(34)26-22(21)15-9-10-19(32-4)17(29)12-15/h5-12,22,29H,1-4H3,(H,26,34)(H,25,27,30)/t22-/m1/s1. The summed E-state index contributed by atoms with van der Waals surface area (Å²) in [4.78, 5) is 15.3. The van der Waals surface area contributed by atoms with Gasteiger partial charge in [0.1, 0.15) is 11.5 Å². The average Bonchev–Trinajstić information content (AvgIpc) is 3.23. The van der Waals surface area contributed by atoms with E-state index in [1.165, 1.54) is 7.11 Å². The number of benzene rings is 2. The zero-order valence-corrected chi connectivity index (χ0v) is 19.9. The maximum Gasteiger partial charge on any atom is 0.257 e. The number of nitrogens with zero attached hydrogens (tertiary/aromatic N) is 2. The molecule has 176 valence electrons. The van der Waals surface area contributed by atoms with Gasteiger partial charge in [0, 0.05) is 11.8 Å². The molecule has 1 atom stereocenters. The van der Waals surface area contributed by atoms with Crippen LogP contribution >= 0.6 is 12.2 Å². The van der Waals surface area contributed by atoms with Crippen molar-refractivity contribution in [2.24, 2.45) is 0 Å². The number of phenolic OH excluding ortho intramolecular Hbond substituents is 1. The highest BCUT2D eigenvalue weighted by atomic mass is 32.1. The van der Waals surface area contributed by atoms with E-state index >= 15 is 0 Å². The molecule has 1 aliphatic heterocycles. The number of hydrogen-bond donors (Lipinski definition) is 3. The number of ether oxygens (including phenoxy) is 2. The number of para-hydroxylation sites is 2. The zero-order valence-electron chi connectivity index (χ0n) is 19.1. The fraction of sp³-hybridized carbons (Fsp3) is 0.208. The minimum Gasteiger partial charge on any atom is -0.504 e. The number of aromatic hydroxyl groups is 1. The average molecular weight is 481 g/mol. The van der Waals surface area contributed by atoms with E-state index in [0.717, 1.165) is 0 Å². The SMILES string of the molecule is COc1ccc([C@H]2NC(=S)N(c3ccccc3OC)C(C)=C2C(=O)Nc2cc(C)on2)cc1O. The third-order valence-corrected chi connectivity index (χ3v) is 5.76. The van der Waals surface area contributed by atoms with Crippen LogP contribution in [-0.4, -0.2) is 35.5 Å². The van der Waals surface area contributed by atoms with Gasteiger partial charge in [0.2, 0.25) is 0 Å². The summed E-state index contributed by atoms with van der Waals surface area (Å²) in [5.41, 5.74) is 2.27. The minimum absolute atomic E-state index is 0.0515. The van der Waals surface area contributed by atoms with Gasteiger partial charge in [-0.15, -0.1) is 0 Å². The summed E-state index contributed by atoms with van der Waals surface area (Å²) in [5, 5.41) is 20.6. The van der Waals surface area contributed by atoms with E-state index in [-0.39, 0.29) is 11.6 Å². The van der Waals surface area contributed by atoms with Crippen molar-refractivity contribution in [3.05, 3.63) is 71.1 Å². The molecule has 0 unspecified atom stereocenters. The number of nitrogens with one attached hydrogen (secondary N) is 2. The number of methoxy groups -OCH3 is 2. The number of thiocarbonyl (C=S) groups is 1. The number of amides is 1. The monoisotopic (exact) mass is 480 g/mol. The lowest BCUT2D eigenvalue weighted by atomic mass is 9.93. The molecule has 4 rings (SSSR count). The van der Waals surface area contributed by atoms with Crippen molar-refractivity contribution in [2.75, 3.05) is 24.4 Å². The fourth-order valence-corrected chi connectivity index (χ4v) is 4.24. The maximum atomic E-state index is 13.5. The van der Waals surface area contributed by atoms with E-state index in [0.29, 0.717) is 44.9 Å². The Balaban J connectivity index is 1.84. The van der Waals surface area contributed by atoms with Gasteiger partial charge in [-0.25, -0.2) is 0 Å². The van der Waals surface area contributed by atoms with Crippen molar-refractivity contribution in [3.63, 3.8) is 0 Å². The Hall–Kier alpha value is -4.05. The largest absolute Gasteiger partial charge is 0.504 e. The predicted octanol–water partition coefficient (Wildman–Crippen LogP) is 4.05. The first-order chi connectivity index (χ1) is 16.3. The summed E-state index contributed by atoms with van der Waals surface area (Å²) < 4.78 is 15.8. The van der Waals surface area contributed by atoms with Crippen LogP contribution in [0.25, 0.3) is 0 Å². The molecule has 3 aromatic rings. The highest BCUT2D eigenvalue weighted by Gasteiger charge is 2.36. The molecule has 3 N–H and O–H groups in total. The van der Waals surface area contributed by atoms with Gasteiger partial charge in [-0.05, 0) is 55.9 Å². The van der Waals surface area contributed by atoms with Crippen LogP contribution in [0.1, 0.15) is 24.3 Å². The number of rotatable bonds is 6. The van der Waals surface area contributed by atoms with Gasteiger partial charge < -0.3 is 29.7 Å². The molecule has 0 saturated carbocycles. The highest BCUT2D eigenvalue weighted by Crippen LogP contribution is 2.39. The molecule has 0 saturated heterocycles. The van der Waals surface area contributed by atoms with Gasteiger partial charge in [-0.3, -0.25) is 9.69 Å². The molecule has 0 spiro atoms. The summed E-state index contributed by atoms with van der Waals surface area (Å²) in [7, 11) is 3.04. The lowest BCUT2D eigenvalue weighted by Gasteiger charge is -2.38. The minimum atomic E-state index is -0.650. The van der Waals surface area contributed by atoms with E-state index in [1.54, 1.807) is 50.1 Å². The predicted molar refractivity (Wildman–Crippen MR) is 131 cm³/mol. The van der Waals surface area contributed by atoms with E-state index in [4.69, 9.17) is 26.2 Å². The summed E-state index contributed by atoms with van der Waals surface area (Å²) in [6, 6.07) is 13.3. The van der Waals surface area contributed by atoms with Crippen molar-refractivity contribution in [1.82, 2.24) is 10.5 Å². The molecular weight excluding hydrogens is 456 g/mol. The third kappa shape index (κ3) is 4.27. The Labute approximate surface area is 202 Å². The van der Waals surface area contributed by atoms with Crippen LogP contribution in [0.3, 0.4) is 0 Å². The van der Waals surface area contributed by atoms with Gasteiger partial charge in [-0.2, -0.15) is 0 Å². The third-order valence-electron chi connectivity index (χ3n) is 5.46. The van der Waals surface area contributed by atoms with E-state index in [9.17, 15) is 9.90 Å². The summed E-state index contributed by atoms with van der Waals surface area (Å²) in [6.45, 7) is 3.54. The second-order valence-electron chi connectivity index (χ2n) is 7.60. The van der Waals surface area contributed by atoms with E-state index < -0.39 is 11.9 Å². The molecule has 9 nitrogen and oxygen atoms in total. The van der Waals surface area contributed by atoms with Gasteiger partial charge in [0.15, 0.2) is 22.4 Å². The Bertz CT molecular complexity index is 1290. The number of carbonyl (C=O) groups is 1. The molecule has 0 fully saturated rings. The normalized spacial score (nSPS) is 15.7. The molecule has 1 aromatic heterocycles. The molecule has 1 amide bonds. The molecule has 10 heteroatoms. The van der Waals surface area contributed by atoms with Crippen molar-refractivity contribution in [1.29, 1.82) is 0 Å². The van der Waals surface area contributed by atoms with Gasteiger partial charge in [0.25, 0.3) is 5.91 Å². The number of allylic oxidation sites excluding steroid dienone is 1. The van der Waals surface area contributed by atoms with Crippen LogP contribution in [-0.2, 0) is 4.79 Å². The van der Waals surface area contributed by atoms with Crippen molar-refractivity contribution in [3.8, 4) is 17.2 Å². The Kier molecular flexibility index (Phi) is 6.42. The molecule has 2 heterocycles. The number of hydrogen-bond acceptors (Lipinski definition) is 7. The highest BCUT2D eigenvalue weighted by molar-refractivity contribution is 7.80. The summed E-state index contributed by atoms with van der Waals surface area (Å²) >= 11 is 5.70. The lowest BCUT2D eigenvalue weighted by Crippen LogP contribution is -2.48. The molecule has 2 aromatic carbocycles. The molecule has 0 bridgehead atoms. The lowest BCUT2D eigenvalue weighted by molar-refractivity contribution is -0.113. The quantitative estimate of drug-likeness (QED) is 0.450. The Morgan fingerprint density at radius 1 is 1.15 bits per heavy atom. The number of phenols is 1. The van der Waals surface area contributed by atoms with Crippen LogP contribution in [0.4, 0.5) is 11.5 Å². The zero-order chi connectivity index (χ0) is 24.4. The topological polar surface area (TPSA) is 109 Å². The molecule has 0 aliphatic carbocycles. The smallest absolute Gasteiger partial charge is 0.257 e. The number of aryl methyl sites for hydroxylation is 1. The number of carbonyl (C=O) groups excluding carboxylic acids is 1. The van der Waals surface area contributed by atoms with Crippen LogP contribution in [0.5, 0.6) is 17.2 Å². The van der Waals surface area contributed by atoms with Crippen molar-refractivity contribution in [2.45, 2.75) is 19.9 Å². The van der Waals surface area contributed by atoms with E-state index in [2.05, 4.69) is 15.8 Å². The fourth-order valence-electron chi connectivity index (χ4n) is 3.89. The molecule has 0 radical (unpaired) electrons. The van der Waals surface area contributed by atoms with Crippen LogP contribution in [0, 0.1) is 6.92 Å². The van der Waals surface area contributed by atoms with Crippen LogP contribution in [0.2, 0.25) is 0 Å². The second-order valence-corrected chi connectivity index (χ2v) is 7.98. The van der Waals surface area contributed by atoms with Gasteiger partial charge >= 0.3 is 0 Å². The second kappa shape index (κ2) is 9.44. The molecular formula is C24H24N4O5S. The van der Waals surface area contributed by atoms with Crippen molar-refractivity contribution >= 4 is 34.7 Å². The maximum absolute atomic E-state index is 13.5. The van der Waals surface area contributed by atoms with Gasteiger partial charge in [-0.1, -0.05) is 23.4 Å². The Morgan fingerprint density at radius 3 is 2.53 bits per heavy atom. The van der Waals surface area contributed by atoms with Gasteiger partial charge in [0.05, 0.1) is 31.5 Å². The summed E-state index contributed by atoms with van der Waals surface area (Å²) in [5.74, 6) is 1.32. The van der Waals surface area contributed by atoms with Crippen LogP contribution < -0.4 is 25.0 Å². The summed E-state index contributed by atoms with van der Waals surface area (Å²) in [6.07, 6.45) is 0. The van der Waals surface area contributed by atoms with Crippen molar-refractivity contribution < 1.29 is 23.9 Å². The number of aromatic nitrogens is 1. The van der Waals surface area contributed by atoms with Crippen LogP contribution in [0.15, 0.2) is 64.3 Å².